The van der Waals surface area contributed by atoms with Crippen molar-refractivity contribution in [2.45, 2.75) is 69.6 Å². The van der Waals surface area contributed by atoms with Crippen LogP contribution in [0.15, 0.2) is 12.1 Å². The minimum absolute atomic E-state index is 0.193. The molecule has 2 aliphatic rings. The first kappa shape index (κ1) is 13.9. The number of hydrogen-bond donors (Lipinski definition) is 2. The lowest BCUT2D eigenvalue weighted by Crippen LogP contribution is -2.03. The van der Waals surface area contributed by atoms with E-state index in [9.17, 15) is 10.2 Å². The van der Waals surface area contributed by atoms with Crippen molar-refractivity contribution in [3.05, 3.63) is 28.8 Å². The van der Waals surface area contributed by atoms with Gasteiger partial charge < -0.3 is 10.2 Å². The van der Waals surface area contributed by atoms with Gasteiger partial charge in [0.05, 0.1) is 0 Å². The highest BCUT2D eigenvalue weighted by Gasteiger charge is 2.26. The number of benzene rings is 1. The molecule has 3 rings (SSSR count). The van der Waals surface area contributed by atoms with Gasteiger partial charge in [0, 0.05) is 6.61 Å². The molecular formula is C18H26O2. The lowest BCUT2D eigenvalue weighted by Gasteiger charge is -2.20. The molecule has 20 heavy (non-hydrogen) atoms. The highest BCUT2D eigenvalue weighted by molar-refractivity contribution is 5.48. The summed E-state index contributed by atoms with van der Waals surface area (Å²) in [6, 6.07) is 4.31. The van der Waals surface area contributed by atoms with E-state index in [1.807, 2.05) is 0 Å². The Morgan fingerprint density at radius 2 is 1.30 bits per heavy atom. The summed E-state index contributed by atoms with van der Waals surface area (Å²) in [5, 5.41) is 20.0. The molecule has 2 N–H and O–H groups in total. The van der Waals surface area contributed by atoms with Crippen molar-refractivity contribution < 1.29 is 10.2 Å². The maximum atomic E-state index is 10.7. The average molecular weight is 274 g/mol. The van der Waals surface area contributed by atoms with Crippen molar-refractivity contribution >= 4 is 0 Å². The van der Waals surface area contributed by atoms with Gasteiger partial charge in [-0.3, -0.25) is 0 Å². The van der Waals surface area contributed by atoms with Crippen LogP contribution in [0, 0.1) is 0 Å². The quantitative estimate of drug-likeness (QED) is 0.862. The van der Waals surface area contributed by atoms with E-state index in [4.69, 9.17) is 0 Å². The number of phenols is 1. The Morgan fingerprint density at radius 3 is 1.70 bits per heavy atom. The summed E-state index contributed by atoms with van der Waals surface area (Å²) in [6.45, 7) is 0.193. The molecular weight excluding hydrogens is 248 g/mol. The summed E-state index contributed by atoms with van der Waals surface area (Å²) in [4.78, 5) is 0. The molecule has 0 aliphatic heterocycles. The Bertz CT molecular complexity index is 417. The zero-order valence-electron chi connectivity index (χ0n) is 12.3. The molecule has 110 valence electrons. The number of aliphatic hydroxyl groups excluding tert-OH is 1. The lowest BCUT2D eigenvalue weighted by molar-refractivity contribution is 0.299. The highest BCUT2D eigenvalue weighted by Crippen LogP contribution is 2.45. The van der Waals surface area contributed by atoms with Crippen LogP contribution < -0.4 is 0 Å². The molecule has 0 atom stereocenters. The molecule has 0 unspecified atom stereocenters. The second-order valence-electron chi connectivity index (χ2n) is 6.56. The molecule has 2 nitrogen and oxygen atoms in total. The second-order valence-corrected chi connectivity index (χ2v) is 6.56. The van der Waals surface area contributed by atoms with Crippen molar-refractivity contribution in [2.24, 2.45) is 0 Å². The molecule has 1 aromatic rings. The lowest BCUT2D eigenvalue weighted by atomic mass is 9.87. The minimum atomic E-state index is 0.193. The predicted octanol–water partition coefficient (Wildman–Crippen LogP) is 4.24. The fraction of sp³-hybridized carbons (Fsp3) is 0.667. The molecule has 2 fully saturated rings. The molecule has 2 aliphatic carbocycles. The van der Waals surface area contributed by atoms with Crippen molar-refractivity contribution in [3.63, 3.8) is 0 Å². The van der Waals surface area contributed by atoms with Gasteiger partial charge in [0.2, 0.25) is 0 Å². The Kier molecular flexibility index (Phi) is 4.30. The van der Waals surface area contributed by atoms with Gasteiger partial charge in [-0.25, -0.2) is 0 Å². The topological polar surface area (TPSA) is 40.5 Å². The summed E-state index contributed by atoms with van der Waals surface area (Å²) < 4.78 is 0. The normalized spacial score (nSPS) is 20.9. The molecule has 0 radical (unpaired) electrons. The van der Waals surface area contributed by atoms with Crippen LogP contribution in [0.3, 0.4) is 0 Å². The second kappa shape index (κ2) is 6.17. The van der Waals surface area contributed by atoms with Crippen LogP contribution >= 0.6 is 0 Å². The molecule has 2 saturated carbocycles. The standard InChI is InChI=1S/C18H26O2/c19-10-9-13-11-16(14-5-1-2-6-14)18(20)17(12-13)15-7-3-4-8-15/h11-12,14-15,19-20H,1-10H2. The fourth-order valence-electron chi connectivity index (χ4n) is 4.11. The Morgan fingerprint density at radius 1 is 0.850 bits per heavy atom. The van der Waals surface area contributed by atoms with Crippen LogP contribution in [-0.2, 0) is 6.42 Å². The minimum Gasteiger partial charge on any atom is -0.507 e. The van der Waals surface area contributed by atoms with Gasteiger partial charge in [0.15, 0.2) is 0 Å². The fourth-order valence-corrected chi connectivity index (χ4v) is 4.11. The van der Waals surface area contributed by atoms with Gasteiger partial charge in [-0.2, -0.15) is 0 Å². The first-order valence-corrected chi connectivity index (χ1v) is 8.26. The van der Waals surface area contributed by atoms with E-state index >= 15 is 0 Å². The summed E-state index contributed by atoms with van der Waals surface area (Å²) in [6.07, 6.45) is 10.7. The van der Waals surface area contributed by atoms with E-state index in [0.29, 0.717) is 24.0 Å². The maximum Gasteiger partial charge on any atom is 0.122 e. The first-order valence-electron chi connectivity index (χ1n) is 8.26. The molecule has 0 saturated heterocycles. The van der Waals surface area contributed by atoms with Gasteiger partial charge in [-0.15, -0.1) is 0 Å². The summed E-state index contributed by atoms with van der Waals surface area (Å²) >= 11 is 0. The van der Waals surface area contributed by atoms with Crippen molar-refractivity contribution in [1.29, 1.82) is 0 Å². The average Bonchev–Trinajstić information content (AvgIpc) is 3.13. The Labute approximate surface area is 121 Å². The van der Waals surface area contributed by atoms with Crippen molar-refractivity contribution in [2.75, 3.05) is 6.61 Å². The van der Waals surface area contributed by atoms with E-state index in [2.05, 4.69) is 12.1 Å². The van der Waals surface area contributed by atoms with E-state index < -0.39 is 0 Å². The zero-order chi connectivity index (χ0) is 13.9. The van der Waals surface area contributed by atoms with Gasteiger partial charge in [0.25, 0.3) is 0 Å². The van der Waals surface area contributed by atoms with Crippen LogP contribution in [0.1, 0.15) is 79.9 Å². The SMILES string of the molecule is OCCc1cc(C2CCCC2)c(O)c(C2CCCC2)c1. The van der Waals surface area contributed by atoms with Crippen LogP contribution in [0.2, 0.25) is 0 Å². The van der Waals surface area contributed by atoms with Gasteiger partial charge >= 0.3 is 0 Å². The highest BCUT2D eigenvalue weighted by atomic mass is 16.3. The maximum absolute atomic E-state index is 10.7. The molecule has 0 aromatic heterocycles. The third-order valence-corrected chi connectivity index (χ3v) is 5.22. The molecule has 0 heterocycles. The number of phenolic OH excluding ortho intramolecular Hbond substituents is 1. The largest absolute Gasteiger partial charge is 0.507 e. The van der Waals surface area contributed by atoms with Crippen LogP contribution in [0.4, 0.5) is 0 Å². The molecule has 0 bridgehead atoms. The molecule has 1 aromatic carbocycles. The number of hydrogen-bond acceptors (Lipinski definition) is 2. The van der Waals surface area contributed by atoms with E-state index in [-0.39, 0.29) is 6.61 Å². The van der Waals surface area contributed by atoms with E-state index in [0.717, 1.165) is 11.1 Å². The third kappa shape index (κ3) is 2.71. The molecule has 2 heteroatoms. The summed E-state index contributed by atoms with van der Waals surface area (Å²) in [7, 11) is 0. The van der Waals surface area contributed by atoms with Gasteiger partial charge in [-0.1, -0.05) is 37.8 Å². The van der Waals surface area contributed by atoms with Crippen LogP contribution in [0.5, 0.6) is 5.75 Å². The predicted molar refractivity (Wildman–Crippen MR) is 81.3 cm³/mol. The van der Waals surface area contributed by atoms with Gasteiger partial charge in [-0.05, 0) is 60.6 Å². The number of aliphatic hydroxyl groups is 1. The Hall–Kier alpha value is -1.02. The molecule has 0 amide bonds. The third-order valence-electron chi connectivity index (χ3n) is 5.22. The Balaban J connectivity index is 1.98. The first-order chi connectivity index (χ1) is 9.79. The van der Waals surface area contributed by atoms with Crippen LogP contribution in [0.25, 0.3) is 0 Å². The van der Waals surface area contributed by atoms with Crippen LogP contribution in [-0.4, -0.2) is 16.8 Å². The monoisotopic (exact) mass is 274 g/mol. The number of rotatable bonds is 4. The van der Waals surface area contributed by atoms with Crippen molar-refractivity contribution in [1.82, 2.24) is 0 Å². The summed E-state index contributed by atoms with van der Waals surface area (Å²) in [5.74, 6) is 1.65. The van der Waals surface area contributed by atoms with Crippen molar-refractivity contribution in [3.8, 4) is 5.75 Å². The molecule has 0 spiro atoms. The smallest absolute Gasteiger partial charge is 0.122 e. The summed E-state index contributed by atoms with van der Waals surface area (Å²) in [5.41, 5.74) is 3.53. The zero-order valence-corrected chi connectivity index (χ0v) is 12.3. The number of aromatic hydroxyl groups is 1. The van der Waals surface area contributed by atoms with E-state index in [1.165, 1.54) is 56.9 Å². The van der Waals surface area contributed by atoms with E-state index in [1.54, 1.807) is 0 Å². The van der Waals surface area contributed by atoms with Gasteiger partial charge in [0.1, 0.15) is 5.75 Å².